The van der Waals surface area contributed by atoms with Crippen LogP contribution in [0.15, 0.2) is 76.8 Å². The number of carbonyl (C=O) groups excluding carboxylic acids is 1. The van der Waals surface area contributed by atoms with Gasteiger partial charge in [0.15, 0.2) is 0 Å². The van der Waals surface area contributed by atoms with E-state index in [4.69, 9.17) is 9.47 Å². The van der Waals surface area contributed by atoms with Crippen molar-refractivity contribution in [1.82, 2.24) is 0 Å². The van der Waals surface area contributed by atoms with E-state index >= 15 is 0 Å². The molecule has 0 bridgehead atoms. The number of amides is 1. The van der Waals surface area contributed by atoms with Gasteiger partial charge in [0.25, 0.3) is 5.91 Å². The van der Waals surface area contributed by atoms with Crippen molar-refractivity contribution in [2.45, 2.75) is 6.61 Å². The Bertz CT molecular complexity index is 1240. The van der Waals surface area contributed by atoms with Gasteiger partial charge < -0.3 is 14.8 Å². The van der Waals surface area contributed by atoms with Crippen LogP contribution in [0.2, 0.25) is 0 Å². The average Bonchev–Trinajstić information content (AvgIpc) is 2.82. The number of methoxy groups -OCH3 is 1. The van der Waals surface area contributed by atoms with Gasteiger partial charge in [-0.1, -0.05) is 34.1 Å². The highest BCUT2D eigenvalue weighted by Gasteiger charge is 2.13. The molecule has 1 N–H and O–H groups in total. The normalized spacial score (nSPS) is 10.6. The number of carbonyl (C=O) groups is 1. The minimum atomic E-state index is -0.543. The highest BCUT2D eigenvalue weighted by atomic mass is 79.9. The Balaban J connectivity index is 1.83. The zero-order valence-electron chi connectivity index (χ0n) is 17.1. The lowest BCUT2D eigenvalue weighted by atomic mass is 10.1. The molecule has 6 nitrogen and oxygen atoms in total. The van der Waals surface area contributed by atoms with Crippen LogP contribution in [0.4, 0.5) is 5.69 Å². The summed E-state index contributed by atoms with van der Waals surface area (Å²) in [5.74, 6) is 0.595. The highest BCUT2D eigenvalue weighted by molar-refractivity contribution is 9.10. The fourth-order valence-electron chi connectivity index (χ4n) is 2.85. The molecule has 0 spiro atoms. The Labute approximate surface area is 194 Å². The van der Waals surface area contributed by atoms with Crippen molar-refractivity contribution in [2.75, 3.05) is 12.4 Å². The zero-order valence-corrected chi connectivity index (χ0v) is 18.7. The molecule has 0 aliphatic rings. The maximum Gasteiger partial charge on any atom is 0.266 e. The summed E-state index contributed by atoms with van der Waals surface area (Å²) < 4.78 is 11.8. The number of hydrogen-bond donors (Lipinski definition) is 1. The molecular formula is C25H18BrN3O3. The van der Waals surface area contributed by atoms with Gasteiger partial charge in [-0.2, -0.15) is 10.5 Å². The molecule has 0 fully saturated rings. The van der Waals surface area contributed by atoms with Crippen molar-refractivity contribution < 1.29 is 14.3 Å². The third-order valence-corrected chi connectivity index (χ3v) is 5.00. The first-order valence-corrected chi connectivity index (χ1v) is 10.3. The van der Waals surface area contributed by atoms with E-state index in [0.29, 0.717) is 28.3 Å². The molecule has 0 atom stereocenters. The van der Waals surface area contributed by atoms with Crippen LogP contribution in [0.3, 0.4) is 0 Å². The third-order valence-electron chi connectivity index (χ3n) is 4.51. The predicted octanol–water partition coefficient (Wildman–Crippen LogP) is 5.45. The van der Waals surface area contributed by atoms with Gasteiger partial charge >= 0.3 is 0 Å². The number of nitriles is 2. The fourth-order valence-corrected chi connectivity index (χ4v) is 3.23. The number of benzene rings is 3. The van der Waals surface area contributed by atoms with E-state index in [1.807, 2.05) is 18.2 Å². The van der Waals surface area contributed by atoms with Crippen molar-refractivity contribution in [1.29, 1.82) is 10.5 Å². The highest BCUT2D eigenvalue weighted by Crippen LogP contribution is 2.27. The number of rotatable bonds is 7. The molecule has 0 aliphatic heterocycles. The Morgan fingerprint density at radius 2 is 1.84 bits per heavy atom. The molecule has 158 valence electrons. The molecule has 0 aromatic heterocycles. The second-order valence-electron chi connectivity index (χ2n) is 6.59. The molecule has 0 radical (unpaired) electrons. The third kappa shape index (κ3) is 5.75. The number of hydrogen-bond acceptors (Lipinski definition) is 5. The van der Waals surface area contributed by atoms with E-state index < -0.39 is 5.91 Å². The van der Waals surface area contributed by atoms with E-state index in [-0.39, 0.29) is 12.2 Å². The molecule has 3 rings (SSSR count). The van der Waals surface area contributed by atoms with Gasteiger partial charge in [-0.15, -0.1) is 0 Å². The van der Waals surface area contributed by atoms with Gasteiger partial charge in [0.2, 0.25) is 0 Å². The van der Waals surface area contributed by atoms with Crippen LogP contribution in [0.1, 0.15) is 16.7 Å². The molecular weight excluding hydrogens is 470 g/mol. The Morgan fingerprint density at radius 3 is 2.53 bits per heavy atom. The summed E-state index contributed by atoms with van der Waals surface area (Å²) >= 11 is 3.41. The van der Waals surface area contributed by atoms with Crippen LogP contribution < -0.4 is 14.8 Å². The molecule has 7 heteroatoms. The van der Waals surface area contributed by atoms with Crippen LogP contribution in [0.5, 0.6) is 11.5 Å². The lowest BCUT2D eigenvalue weighted by Crippen LogP contribution is -2.13. The number of nitrogens with zero attached hydrogens (tertiary/aromatic N) is 2. The van der Waals surface area contributed by atoms with Crippen molar-refractivity contribution in [3.63, 3.8) is 0 Å². The first-order valence-electron chi connectivity index (χ1n) is 9.51. The van der Waals surface area contributed by atoms with Gasteiger partial charge in [0, 0.05) is 21.3 Å². The van der Waals surface area contributed by atoms with Crippen molar-refractivity contribution in [2.24, 2.45) is 0 Å². The van der Waals surface area contributed by atoms with Crippen molar-refractivity contribution >= 4 is 33.6 Å². The van der Waals surface area contributed by atoms with E-state index in [9.17, 15) is 15.3 Å². The molecule has 3 aromatic rings. The quantitative estimate of drug-likeness (QED) is 0.352. The number of anilines is 1. The lowest BCUT2D eigenvalue weighted by Gasteiger charge is -2.11. The molecule has 32 heavy (non-hydrogen) atoms. The molecule has 3 aromatic carbocycles. The van der Waals surface area contributed by atoms with E-state index in [0.717, 1.165) is 10.0 Å². The van der Waals surface area contributed by atoms with Gasteiger partial charge in [-0.3, -0.25) is 4.79 Å². The molecule has 0 heterocycles. The number of ether oxygens (including phenoxy) is 2. The molecule has 0 saturated carbocycles. The summed E-state index contributed by atoms with van der Waals surface area (Å²) in [5, 5.41) is 21.5. The maximum atomic E-state index is 12.6. The Kier molecular flexibility index (Phi) is 7.64. The summed E-state index contributed by atoms with van der Waals surface area (Å²) in [6.45, 7) is 0.173. The summed E-state index contributed by atoms with van der Waals surface area (Å²) in [5.41, 5.74) is 2.27. The van der Waals surface area contributed by atoms with Gasteiger partial charge in [-0.05, 0) is 54.6 Å². The molecule has 0 saturated heterocycles. The SMILES string of the molecule is COc1ccc(NC(=O)/C(C#N)=C/c2cc(Br)ccc2OCc2ccccc2C#N)cc1. The monoisotopic (exact) mass is 487 g/mol. The Hall–Kier alpha value is -4.07. The molecule has 0 unspecified atom stereocenters. The summed E-state index contributed by atoms with van der Waals surface area (Å²) in [6, 6.07) is 23.3. The topological polar surface area (TPSA) is 95.1 Å². The second-order valence-corrected chi connectivity index (χ2v) is 7.51. The van der Waals surface area contributed by atoms with Crippen LogP contribution in [0, 0.1) is 22.7 Å². The summed E-state index contributed by atoms with van der Waals surface area (Å²) in [6.07, 6.45) is 1.47. The van der Waals surface area contributed by atoms with E-state index in [1.165, 1.54) is 6.08 Å². The van der Waals surface area contributed by atoms with Gasteiger partial charge in [-0.25, -0.2) is 0 Å². The zero-order chi connectivity index (χ0) is 22.9. The minimum absolute atomic E-state index is 0.0822. The van der Waals surface area contributed by atoms with Crippen LogP contribution in [-0.4, -0.2) is 13.0 Å². The molecule has 1 amide bonds. The molecule has 0 aliphatic carbocycles. The smallest absolute Gasteiger partial charge is 0.266 e. The van der Waals surface area contributed by atoms with Crippen molar-refractivity contribution in [3.05, 3.63) is 93.5 Å². The van der Waals surface area contributed by atoms with Crippen molar-refractivity contribution in [3.8, 4) is 23.6 Å². The Morgan fingerprint density at radius 1 is 1.09 bits per heavy atom. The lowest BCUT2D eigenvalue weighted by molar-refractivity contribution is -0.112. The van der Waals surface area contributed by atoms with Gasteiger partial charge in [0.1, 0.15) is 29.7 Å². The minimum Gasteiger partial charge on any atom is -0.497 e. The van der Waals surface area contributed by atoms with E-state index in [2.05, 4.69) is 27.3 Å². The standard InChI is InChI=1S/C25H18BrN3O3/c1-31-23-9-7-22(8-10-23)29-25(30)20(15-28)12-19-13-21(26)6-11-24(19)32-16-18-5-3-2-4-17(18)14-27/h2-13H,16H2,1H3,(H,29,30)/b20-12+. The van der Waals surface area contributed by atoms with E-state index in [1.54, 1.807) is 61.7 Å². The largest absolute Gasteiger partial charge is 0.497 e. The van der Waals surface area contributed by atoms with Crippen LogP contribution >= 0.6 is 15.9 Å². The number of nitrogens with one attached hydrogen (secondary N) is 1. The first-order chi connectivity index (χ1) is 15.5. The fraction of sp³-hybridized carbons (Fsp3) is 0.0800. The summed E-state index contributed by atoms with van der Waals surface area (Å²) in [7, 11) is 1.56. The number of halogens is 1. The average molecular weight is 488 g/mol. The second kappa shape index (κ2) is 10.8. The predicted molar refractivity (Wildman–Crippen MR) is 125 cm³/mol. The van der Waals surface area contributed by atoms with Crippen LogP contribution in [0.25, 0.3) is 6.08 Å². The van der Waals surface area contributed by atoms with Gasteiger partial charge in [0.05, 0.1) is 18.7 Å². The maximum absolute atomic E-state index is 12.6. The van der Waals surface area contributed by atoms with Crippen LogP contribution in [-0.2, 0) is 11.4 Å². The summed E-state index contributed by atoms with van der Waals surface area (Å²) in [4.78, 5) is 12.6. The first kappa shape index (κ1) is 22.6.